The van der Waals surface area contributed by atoms with Crippen LogP contribution in [-0.4, -0.2) is 5.11 Å². The summed E-state index contributed by atoms with van der Waals surface area (Å²) in [5.74, 6) is 0. The van der Waals surface area contributed by atoms with E-state index in [1.54, 1.807) is 6.26 Å². The highest BCUT2D eigenvalue weighted by atomic mass is 16.3. The number of para-hydroxylation sites is 1. The lowest BCUT2D eigenvalue weighted by Crippen LogP contribution is -2.04. The molecule has 102 valence electrons. The van der Waals surface area contributed by atoms with Gasteiger partial charge in [0, 0.05) is 17.4 Å². The summed E-state index contributed by atoms with van der Waals surface area (Å²) < 4.78 is 5.51. The molecule has 2 heteroatoms. The zero-order valence-corrected chi connectivity index (χ0v) is 11.8. The zero-order valence-electron chi connectivity index (χ0n) is 11.8. The highest BCUT2D eigenvalue weighted by Gasteiger charge is 2.16. The maximum Gasteiger partial charge on any atom is 0.134 e. The van der Waals surface area contributed by atoms with Gasteiger partial charge in [-0.15, -0.1) is 0 Å². The Labute approximate surface area is 118 Å². The summed E-state index contributed by atoms with van der Waals surface area (Å²) in [6.45, 7) is 4.17. The Hall–Kier alpha value is -2.06. The second kappa shape index (κ2) is 5.14. The van der Waals surface area contributed by atoms with E-state index in [2.05, 4.69) is 26.0 Å². The van der Waals surface area contributed by atoms with Crippen molar-refractivity contribution in [2.45, 2.75) is 26.4 Å². The van der Waals surface area contributed by atoms with Crippen LogP contribution in [0.1, 0.15) is 28.4 Å². The Bertz CT molecular complexity index is 720. The molecule has 1 atom stereocenters. The molecule has 0 amide bonds. The van der Waals surface area contributed by atoms with Crippen molar-refractivity contribution in [3.05, 3.63) is 71.0 Å². The first-order chi connectivity index (χ1) is 9.66. The predicted octanol–water partition coefficient (Wildman–Crippen LogP) is 4.33. The maximum absolute atomic E-state index is 10.5. The van der Waals surface area contributed by atoms with Gasteiger partial charge in [0.25, 0.3) is 0 Å². The first-order valence-corrected chi connectivity index (χ1v) is 6.86. The maximum atomic E-state index is 10.5. The fourth-order valence-electron chi connectivity index (χ4n) is 2.73. The van der Waals surface area contributed by atoms with Crippen molar-refractivity contribution < 1.29 is 9.52 Å². The van der Waals surface area contributed by atoms with Crippen LogP contribution >= 0.6 is 0 Å². The van der Waals surface area contributed by atoms with Crippen LogP contribution in [0.25, 0.3) is 11.0 Å². The molecular weight excluding hydrogens is 248 g/mol. The molecule has 0 spiro atoms. The molecule has 1 N–H and O–H groups in total. The van der Waals surface area contributed by atoms with Crippen LogP contribution in [0.5, 0.6) is 0 Å². The van der Waals surface area contributed by atoms with E-state index in [-0.39, 0.29) is 0 Å². The van der Waals surface area contributed by atoms with Crippen molar-refractivity contribution in [3.63, 3.8) is 0 Å². The molecular formula is C18H18O2. The van der Waals surface area contributed by atoms with Crippen molar-refractivity contribution in [2.75, 3.05) is 0 Å². The van der Waals surface area contributed by atoms with Crippen LogP contribution in [0.4, 0.5) is 0 Å². The standard InChI is InChI=1S/C18H18O2/c1-12-6-5-7-13(2)15(12)10-17(19)16-11-20-18-9-4-3-8-14(16)18/h3-9,11,17,19H,10H2,1-2H3. The van der Waals surface area contributed by atoms with Crippen LogP contribution in [0.15, 0.2) is 53.1 Å². The molecule has 0 aliphatic rings. The molecule has 0 saturated heterocycles. The Morgan fingerprint density at radius 3 is 2.45 bits per heavy atom. The minimum absolute atomic E-state index is 0.543. The van der Waals surface area contributed by atoms with Gasteiger partial charge in [-0.1, -0.05) is 36.4 Å². The third-order valence-electron chi connectivity index (χ3n) is 3.91. The summed E-state index contributed by atoms with van der Waals surface area (Å²) in [4.78, 5) is 0. The second-order valence-electron chi connectivity index (χ2n) is 5.28. The molecule has 0 fully saturated rings. The summed E-state index contributed by atoms with van der Waals surface area (Å²) in [6, 6.07) is 14.0. The first-order valence-electron chi connectivity index (χ1n) is 6.86. The van der Waals surface area contributed by atoms with Gasteiger partial charge in [-0.3, -0.25) is 0 Å². The van der Waals surface area contributed by atoms with E-state index in [9.17, 15) is 5.11 Å². The highest BCUT2D eigenvalue weighted by Crippen LogP contribution is 2.29. The number of aryl methyl sites for hydroxylation is 2. The van der Waals surface area contributed by atoms with E-state index >= 15 is 0 Å². The molecule has 0 saturated carbocycles. The lowest BCUT2D eigenvalue weighted by Gasteiger charge is -2.14. The summed E-state index contributed by atoms with van der Waals surface area (Å²) in [5.41, 5.74) is 5.34. The van der Waals surface area contributed by atoms with Crippen LogP contribution in [0, 0.1) is 13.8 Å². The van der Waals surface area contributed by atoms with E-state index in [1.807, 2.05) is 30.3 Å². The molecule has 1 heterocycles. The van der Waals surface area contributed by atoms with Gasteiger partial charge in [-0.25, -0.2) is 0 Å². The molecule has 2 nitrogen and oxygen atoms in total. The van der Waals surface area contributed by atoms with Gasteiger partial charge >= 0.3 is 0 Å². The number of aliphatic hydroxyl groups excluding tert-OH is 1. The predicted molar refractivity (Wildman–Crippen MR) is 80.8 cm³/mol. The van der Waals surface area contributed by atoms with Gasteiger partial charge in [-0.2, -0.15) is 0 Å². The van der Waals surface area contributed by atoms with E-state index in [1.165, 1.54) is 16.7 Å². The van der Waals surface area contributed by atoms with Crippen molar-refractivity contribution in [3.8, 4) is 0 Å². The van der Waals surface area contributed by atoms with Crippen molar-refractivity contribution in [1.29, 1.82) is 0 Å². The second-order valence-corrected chi connectivity index (χ2v) is 5.28. The summed E-state index contributed by atoms with van der Waals surface area (Å²) >= 11 is 0. The number of furan rings is 1. The fourth-order valence-corrected chi connectivity index (χ4v) is 2.73. The van der Waals surface area contributed by atoms with E-state index in [0.717, 1.165) is 16.5 Å². The molecule has 0 aliphatic carbocycles. The van der Waals surface area contributed by atoms with Crippen LogP contribution in [0.2, 0.25) is 0 Å². The Morgan fingerprint density at radius 2 is 1.70 bits per heavy atom. The Kier molecular flexibility index (Phi) is 3.33. The zero-order chi connectivity index (χ0) is 14.1. The topological polar surface area (TPSA) is 33.4 Å². The van der Waals surface area contributed by atoms with Crippen LogP contribution in [0.3, 0.4) is 0 Å². The number of rotatable bonds is 3. The average molecular weight is 266 g/mol. The molecule has 1 unspecified atom stereocenters. The first kappa shape index (κ1) is 12.9. The quantitative estimate of drug-likeness (QED) is 0.765. The molecule has 20 heavy (non-hydrogen) atoms. The number of hydrogen-bond acceptors (Lipinski definition) is 2. The van der Waals surface area contributed by atoms with Gasteiger partial charge in [0.2, 0.25) is 0 Å². The van der Waals surface area contributed by atoms with Gasteiger partial charge in [0.05, 0.1) is 12.4 Å². The summed E-state index contributed by atoms with van der Waals surface area (Å²) in [7, 11) is 0. The van der Waals surface area contributed by atoms with E-state index in [4.69, 9.17) is 4.42 Å². The monoisotopic (exact) mass is 266 g/mol. The van der Waals surface area contributed by atoms with E-state index in [0.29, 0.717) is 6.42 Å². The Morgan fingerprint density at radius 1 is 1.00 bits per heavy atom. The molecule has 0 bridgehead atoms. The van der Waals surface area contributed by atoms with Crippen LogP contribution in [-0.2, 0) is 6.42 Å². The smallest absolute Gasteiger partial charge is 0.134 e. The third kappa shape index (κ3) is 2.23. The highest BCUT2D eigenvalue weighted by molar-refractivity contribution is 5.81. The van der Waals surface area contributed by atoms with Crippen LogP contribution < -0.4 is 0 Å². The third-order valence-corrected chi connectivity index (χ3v) is 3.91. The van der Waals surface area contributed by atoms with Gasteiger partial charge in [-0.05, 0) is 36.6 Å². The summed E-state index contributed by atoms with van der Waals surface area (Å²) in [6.07, 6.45) is 1.74. The van der Waals surface area contributed by atoms with Gasteiger partial charge in [0.15, 0.2) is 0 Å². The minimum Gasteiger partial charge on any atom is -0.464 e. The average Bonchev–Trinajstić information content (AvgIpc) is 2.87. The van der Waals surface area contributed by atoms with Gasteiger partial charge in [0.1, 0.15) is 5.58 Å². The minimum atomic E-state index is -0.543. The SMILES string of the molecule is Cc1cccc(C)c1CC(O)c1coc2ccccc12. The number of fused-ring (bicyclic) bond motifs is 1. The van der Waals surface area contributed by atoms with Crippen molar-refractivity contribution in [2.24, 2.45) is 0 Å². The molecule has 1 aromatic heterocycles. The normalized spacial score (nSPS) is 12.8. The number of hydrogen-bond donors (Lipinski definition) is 1. The summed E-state index contributed by atoms with van der Waals surface area (Å²) in [5, 5.41) is 11.5. The van der Waals surface area contributed by atoms with Crippen molar-refractivity contribution >= 4 is 11.0 Å². The lowest BCUT2D eigenvalue weighted by atomic mass is 9.94. The van der Waals surface area contributed by atoms with Crippen molar-refractivity contribution in [1.82, 2.24) is 0 Å². The molecule has 0 aliphatic heterocycles. The largest absolute Gasteiger partial charge is 0.464 e. The van der Waals surface area contributed by atoms with E-state index < -0.39 is 6.10 Å². The number of aliphatic hydroxyl groups is 1. The van der Waals surface area contributed by atoms with Gasteiger partial charge < -0.3 is 9.52 Å². The molecule has 2 aromatic carbocycles. The lowest BCUT2D eigenvalue weighted by molar-refractivity contribution is 0.178. The Balaban J connectivity index is 1.95. The molecule has 3 rings (SSSR count). The molecule has 0 radical (unpaired) electrons. The fraction of sp³-hybridized carbons (Fsp3) is 0.222. The number of benzene rings is 2. The molecule has 3 aromatic rings.